The van der Waals surface area contributed by atoms with Gasteiger partial charge in [-0.1, -0.05) is 26.5 Å². The number of halogens is 1. The van der Waals surface area contributed by atoms with Crippen LogP contribution in [0, 0.1) is 5.82 Å². The summed E-state index contributed by atoms with van der Waals surface area (Å²) in [7, 11) is 2.40. The molecule has 0 radical (unpaired) electrons. The fourth-order valence-electron chi connectivity index (χ4n) is 0.878. The van der Waals surface area contributed by atoms with Gasteiger partial charge in [-0.05, 0) is 24.6 Å². The molecule has 1 atom stereocenters. The number of benzene rings is 1. The van der Waals surface area contributed by atoms with Crippen molar-refractivity contribution in [3.63, 3.8) is 0 Å². The molecule has 0 spiro atoms. The van der Waals surface area contributed by atoms with E-state index in [0.29, 0.717) is 6.35 Å². The Morgan fingerprint density at radius 2 is 2.08 bits per heavy atom. The Bertz CT molecular complexity index is 297. The van der Waals surface area contributed by atoms with Gasteiger partial charge >= 0.3 is 0 Å². The summed E-state index contributed by atoms with van der Waals surface area (Å²) < 4.78 is 12.5. The first-order valence-electron chi connectivity index (χ1n) is 3.86. The third-order valence-electron chi connectivity index (χ3n) is 1.54. The fourth-order valence-corrected chi connectivity index (χ4v) is 0.952. The molecular formula is C9H11FNOP. The lowest BCUT2D eigenvalue weighted by atomic mass is 10.1. The molecule has 1 aromatic rings. The van der Waals surface area contributed by atoms with Crippen molar-refractivity contribution in [3.05, 3.63) is 35.6 Å². The lowest BCUT2D eigenvalue weighted by Gasteiger charge is -1.99. The highest BCUT2D eigenvalue weighted by Crippen LogP contribution is 2.04. The van der Waals surface area contributed by atoms with E-state index in [4.69, 9.17) is 4.84 Å². The van der Waals surface area contributed by atoms with Gasteiger partial charge in [0.15, 0.2) is 0 Å². The van der Waals surface area contributed by atoms with Gasteiger partial charge < -0.3 is 4.84 Å². The van der Waals surface area contributed by atoms with Gasteiger partial charge in [0.05, 0.1) is 5.71 Å². The van der Waals surface area contributed by atoms with Gasteiger partial charge in [-0.2, -0.15) is 0 Å². The Kier molecular flexibility index (Phi) is 3.84. The van der Waals surface area contributed by atoms with E-state index in [-0.39, 0.29) is 5.82 Å². The average molecular weight is 199 g/mol. The standard InChI is InChI=1S/C9H11FNOP/c1-7(11-12-6-13)8-2-4-9(10)5-3-8/h2-5H,6,13H2,1H3/b11-7+. The molecule has 70 valence electrons. The summed E-state index contributed by atoms with van der Waals surface area (Å²) in [4.78, 5) is 4.84. The minimum atomic E-state index is -0.247. The molecule has 0 amide bonds. The van der Waals surface area contributed by atoms with Crippen LogP contribution in [0.4, 0.5) is 4.39 Å². The van der Waals surface area contributed by atoms with E-state index in [0.717, 1.165) is 11.3 Å². The molecule has 0 aliphatic rings. The van der Waals surface area contributed by atoms with Crippen LogP contribution < -0.4 is 0 Å². The van der Waals surface area contributed by atoms with E-state index in [9.17, 15) is 4.39 Å². The summed E-state index contributed by atoms with van der Waals surface area (Å²) in [5.41, 5.74) is 1.60. The first-order valence-corrected chi connectivity index (χ1v) is 4.68. The van der Waals surface area contributed by atoms with E-state index in [2.05, 4.69) is 14.4 Å². The Morgan fingerprint density at radius 1 is 1.46 bits per heavy atom. The summed E-state index contributed by atoms with van der Waals surface area (Å²) in [5, 5.41) is 3.82. The minimum Gasteiger partial charge on any atom is -0.392 e. The molecule has 1 unspecified atom stereocenters. The Morgan fingerprint density at radius 3 is 2.62 bits per heavy atom. The van der Waals surface area contributed by atoms with Crippen LogP contribution in [0.1, 0.15) is 12.5 Å². The molecule has 1 aromatic carbocycles. The van der Waals surface area contributed by atoms with Crippen LogP contribution in [0.2, 0.25) is 0 Å². The Balaban J connectivity index is 2.77. The Hall–Kier alpha value is -0.950. The topological polar surface area (TPSA) is 21.6 Å². The molecule has 13 heavy (non-hydrogen) atoms. The molecule has 0 saturated carbocycles. The summed E-state index contributed by atoms with van der Waals surface area (Å²) >= 11 is 0. The number of hydrogen-bond donors (Lipinski definition) is 0. The van der Waals surface area contributed by atoms with Crippen LogP contribution in [-0.4, -0.2) is 12.1 Å². The zero-order valence-corrected chi connectivity index (χ0v) is 8.48. The second kappa shape index (κ2) is 4.93. The molecular weight excluding hydrogens is 188 g/mol. The molecule has 2 nitrogen and oxygen atoms in total. The first-order chi connectivity index (χ1) is 6.24. The van der Waals surface area contributed by atoms with E-state index in [1.165, 1.54) is 12.1 Å². The van der Waals surface area contributed by atoms with Gasteiger partial charge in [-0.25, -0.2) is 4.39 Å². The maximum Gasteiger partial charge on any atom is 0.129 e. The van der Waals surface area contributed by atoms with Gasteiger partial charge in [-0.15, -0.1) is 0 Å². The van der Waals surface area contributed by atoms with E-state index >= 15 is 0 Å². The molecule has 0 aromatic heterocycles. The Labute approximate surface area is 79.0 Å². The summed E-state index contributed by atoms with van der Waals surface area (Å²) in [6, 6.07) is 6.13. The number of oxime groups is 1. The maximum absolute atomic E-state index is 12.5. The van der Waals surface area contributed by atoms with Crippen LogP contribution in [0.15, 0.2) is 29.4 Å². The van der Waals surface area contributed by atoms with E-state index < -0.39 is 0 Å². The van der Waals surface area contributed by atoms with Gasteiger partial charge in [0.1, 0.15) is 12.2 Å². The summed E-state index contributed by atoms with van der Waals surface area (Å²) in [6.45, 7) is 1.81. The van der Waals surface area contributed by atoms with Crippen LogP contribution >= 0.6 is 9.24 Å². The van der Waals surface area contributed by atoms with Crippen molar-refractivity contribution in [1.82, 2.24) is 0 Å². The highest BCUT2D eigenvalue weighted by Gasteiger charge is 1.97. The molecule has 0 N–H and O–H groups in total. The number of hydrogen-bond acceptors (Lipinski definition) is 2. The molecule has 0 aliphatic carbocycles. The summed E-state index contributed by atoms with van der Waals surface area (Å²) in [6.07, 6.45) is 0.457. The zero-order chi connectivity index (χ0) is 9.68. The molecule has 0 aliphatic heterocycles. The lowest BCUT2D eigenvalue weighted by Crippen LogP contribution is -1.95. The SMILES string of the molecule is C/C(=N\OCP)c1ccc(F)cc1. The van der Waals surface area contributed by atoms with Crippen molar-refractivity contribution in [2.24, 2.45) is 5.16 Å². The second-order valence-electron chi connectivity index (χ2n) is 2.48. The van der Waals surface area contributed by atoms with Crippen LogP contribution in [0.3, 0.4) is 0 Å². The van der Waals surface area contributed by atoms with Crippen molar-refractivity contribution in [1.29, 1.82) is 0 Å². The predicted molar refractivity (Wildman–Crippen MR) is 54.3 cm³/mol. The smallest absolute Gasteiger partial charge is 0.129 e. The van der Waals surface area contributed by atoms with Crippen LogP contribution in [0.5, 0.6) is 0 Å². The summed E-state index contributed by atoms with van der Waals surface area (Å²) in [5.74, 6) is -0.247. The highest BCUT2D eigenvalue weighted by atomic mass is 31.0. The third-order valence-corrected chi connectivity index (χ3v) is 1.69. The molecule has 0 saturated heterocycles. The molecule has 4 heteroatoms. The highest BCUT2D eigenvalue weighted by molar-refractivity contribution is 7.16. The van der Waals surface area contributed by atoms with Crippen LogP contribution in [-0.2, 0) is 4.84 Å². The zero-order valence-electron chi connectivity index (χ0n) is 7.33. The molecule has 0 heterocycles. The van der Waals surface area contributed by atoms with E-state index in [1.54, 1.807) is 12.1 Å². The molecule has 0 bridgehead atoms. The number of rotatable bonds is 3. The predicted octanol–water partition coefficient (Wildman–Crippen LogP) is 2.40. The van der Waals surface area contributed by atoms with Crippen molar-refractivity contribution < 1.29 is 9.23 Å². The minimum absolute atomic E-state index is 0.247. The monoisotopic (exact) mass is 199 g/mol. The first kappa shape index (κ1) is 10.1. The van der Waals surface area contributed by atoms with Gasteiger partial charge in [0.2, 0.25) is 0 Å². The fraction of sp³-hybridized carbons (Fsp3) is 0.222. The van der Waals surface area contributed by atoms with Gasteiger partial charge in [0, 0.05) is 0 Å². The lowest BCUT2D eigenvalue weighted by molar-refractivity contribution is 0.196. The van der Waals surface area contributed by atoms with Crippen molar-refractivity contribution >= 4 is 15.0 Å². The molecule has 1 rings (SSSR count). The average Bonchev–Trinajstić information content (AvgIpc) is 2.15. The maximum atomic E-state index is 12.5. The van der Waals surface area contributed by atoms with Crippen molar-refractivity contribution in [3.8, 4) is 0 Å². The normalized spacial score (nSPS) is 11.5. The number of nitrogens with zero attached hydrogens (tertiary/aromatic N) is 1. The largest absolute Gasteiger partial charge is 0.392 e. The second-order valence-corrected chi connectivity index (χ2v) is 2.81. The quantitative estimate of drug-likeness (QED) is 0.416. The van der Waals surface area contributed by atoms with Crippen LogP contribution in [0.25, 0.3) is 0 Å². The van der Waals surface area contributed by atoms with Crippen molar-refractivity contribution in [2.75, 3.05) is 6.35 Å². The third kappa shape index (κ3) is 3.11. The van der Waals surface area contributed by atoms with Gasteiger partial charge in [-0.3, -0.25) is 0 Å². The van der Waals surface area contributed by atoms with E-state index in [1.807, 2.05) is 6.92 Å². The molecule has 0 fully saturated rings. The van der Waals surface area contributed by atoms with Crippen molar-refractivity contribution in [2.45, 2.75) is 6.92 Å². The van der Waals surface area contributed by atoms with Gasteiger partial charge in [0.25, 0.3) is 0 Å².